The fourth-order valence-corrected chi connectivity index (χ4v) is 5.79. The van der Waals surface area contributed by atoms with Gasteiger partial charge in [-0.3, -0.25) is 14.4 Å². The molecule has 5 nitrogen and oxygen atoms in total. The average Bonchev–Trinajstić information content (AvgIpc) is 2.99. The number of hydrogen-bond donors (Lipinski definition) is 0. The Morgan fingerprint density at radius 2 is 1.47 bits per heavy atom. The van der Waals surface area contributed by atoms with Crippen LogP contribution in [0.25, 0.3) is 0 Å². The van der Waals surface area contributed by atoms with E-state index < -0.39 is 17.7 Å². The molecular weight excluding hydrogens is 606 g/mol. The van der Waals surface area contributed by atoms with Gasteiger partial charge in [0.25, 0.3) is 17.7 Å². The zero-order chi connectivity index (χ0) is 23.2. The quantitative estimate of drug-likeness (QED) is 0.305. The van der Waals surface area contributed by atoms with Crippen LogP contribution in [0.3, 0.4) is 0 Å². The summed E-state index contributed by atoms with van der Waals surface area (Å²) in [5.74, 6) is -2.18. The molecule has 168 valence electrons. The van der Waals surface area contributed by atoms with Gasteiger partial charge >= 0.3 is 0 Å². The molecule has 10 heteroatoms. The molecular formula is C22H17Br2Cl3N2O3. The zero-order valence-corrected chi connectivity index (χ0v) is 21.9. The minimum Gasteiger partial charge on any atom is -0.272 e. The number of carbonyl (C=O) groups is 3. The second-order valence-electron chi connectivity index (χ2n) is 7.82. The van der Waals surface area contributed by atoms with Gasteiger partial charge in [0, 0.05) is 20.2 Å². The van der Waals surface area contributed by atoms with Crippen molar-refractivity contribution in [2.75, 3.05) is 0 Å². The summed E-state index contributed by atoms with van der Waals surface area (Å²) in [4.78, 5) is 40.3. The molecule has 3 amide bonds. The van der Waals surface area contributed by atoms with Gasteiger partial charge in [0.15, 0.2) is 0 Å². The minimum absolute atomic E-state index is 0.0231. The Balaban J connectivity index is 1.72. The third kappa shape index (κ3) is 4.60. The molecule has 2 aromatic carbocycles. The molecule has 0 aromatic heterocycles. The number of carbonyl (C=O) groups excluding carboxylic acids is 3. The number of hydrazine groups is 1. The second-order valence-corrected chi connectivity index (χ2v) is 11.4. The SMILES string of the molecule is O=C(c1ccc(Cl)cc1)N(Cc1ccc(Cl)c(Cl)c1)N1C(=O)[C@@H]2C[C@H](Br)[C@@H](Br)C[C@H]2C1=O. The van der Waals surface area contributed by atoms with Gasteiger partial charge in [-0.1, -0.05) is 72.7 Å². The number of nitrogens with zero attached hydrogens (tertiary/aromatic N) is 2. The van der Waals surface area contributed by atoms with E-state index in [1.165, 1.54) is 5.01 Å². The molecule has 1 saturated heterocycles. The van der Waals surface area contributed by atoms with Gasteiger partial charge < -0.3 is 0 Å². The molecule has 1 saturated carbocycles. The maximum atomic E-state index is 13.5. The van der Waals surface area contributed by atoms with Gasteiger partial charge in [-0.2, -0.15) is 5.01 Å². The Morgan fingerprint density at radius 1 is 0.906 bits per heavy atom. The summed E-state index contributed by atoms with van der Waals surface area (Å²) in [5, 5.41) is 3.37. The number of amides is 3. The third-order valence-electron chi connectivity index (χ3n) is 5.77. The standard InChI is InChI=1S/C22H17Br2Cl3N2O3/c23-16-8-14-15(9-17(16)24)22(32)29(21(14)31)28(10-11-1-6-18(26)19(27)7-11)20(30)12-2-4-13(25)5-3-12/h1-7,14-17H,8-10H2/t14-,15-,16+,17+/m1/s1. The maximum absolute atomic E-state index is 13.5. The number of alkyl halides is 2. The molecule has 0 N–H and O–H groups in total. The van der Waals surface area contributed by atoms with Crippen LogP contribution in [0.2, 0.25) is 15.1 Å². The van der Waals surface area contributed by atoms with E-state index in [2.05, 4.69) is 31.9 Å². The molecule has 0 unspecified atom stereocenters. The van der Waals surface area contributed by atoms with Crippen molar-refractivity contribution in [3.8, 4) is 0 Å². The second kappa shape index (κ2) is 9.63. The van der Waals surface area contributed by atoms with Crippen LogP contribution in [0.5, 0.6) is 0 Å². The summed E-state index contributed by atoms with van der Waals surface area (Å²) in [7, 11) is 0. The number of imide groups is 1. The van der Waals surface area contributed by atoms with E-state index in [4.69, 9.17) is 34.8 Å². The van der Waals surface area contributed by atoms with Crippen molar-refractivity contribution >= 4 is 84.4 Å². The van der Waals surface area contributed by atoms with Crippen molar-refractivity contribution in [3.05, 3.63) is 68.7 Å². The first kappa shape index (κ1) is 24.0. The summed E-state index contributed by atoms with van der Waals surface area (Å²) in [6.45, 7) is -0.0231. The maximum Gasteiger partial charge on any atom is 0.273 e. The number of halogens is 5. The van der Waals surface area contributed by atoms with Crippen molar-refractivity contribution in [2.45, 2.75) is 29.0 Å². The Labute approximate surface area is 217 Å². The molecule has 0 bridgehead atoms. The first-order valence-electron chi connectivity index (χ1n) is 9.84. The van der Waals surface area contributed by atoms with Crippen LogP contribution < -0.4 is 0 Å². The predicted molar refractivity (Wildman–Crippen MR) is 131 cm³/mol. The van der Waals surface area contributed by atoms with E-state index in [9.17, 15) is 14.4 Å². The Hall–Kier alpha value is -1.12. The van der Waals surface area contributed by atoms with Gasteiger partial charge in [0.2, 0.25) is 0 Å². The van der Waals surface area contributed by atoms with Gasteiger partial charge in [-0.05, 0) is 54.8 Å². The van der Waals surface area contributed by atoms with E-state index in [0.717, 1.165) is 5.01 Å². The first-order chi connectivity index (χ1) is 15.2. The highest BCUT2D eigenvalue weighted by molar-refractivity contribution is 9.12. The molecule has 2 fully saturated rings. The molecule has 2 aromatic rings. The molecule has 0 radical (unpaired) electrons. The molecule has 0 spiro atoms. The lowest BCUT2D eigenvalue weighted by Crippen LogP contribution is -2.49. The van der Waals surface area contributed by atoms with Crippen LogP contribution in [0.15, 0.2) is 42.5 Å². The van der Waals surface area contributed by atoms with E-state index in [1.54, 1.807) is 42.5 Å². The largest absolute Gasteiger partial charge is 0.273 e. The predicted octanol–water partition coefficient (Wildman–Crippen LogP) is 6.13. The number of fused-ring (bicyclic) bond motifs is 1. The summed E-state index contributed by atoms with van der Waals surface area (Å²) in [6, 6.07) is 11.2. The highest BCUT2D eigenvalue weighted by Gasteiger charge is 2.54. The topological polar surface area (TPSA) is 57.7 Å². The first-order valence-corrected chi connectivity index (χ1v) is 12.8. The Morgan fingerprint density at radius 3 is 2.00 bits per heavy atom. The third-order valence-corrected chi connectivity index (χ3v) is 9.50. The molecule has 4 rings (SSSR count). The smallest absolute Gasteiger partial charge is 0.272 e. The lowest BCUT2D eigenvalue weighted by atomic mass is 9.81. The van der Waals surface area contributed by atoms with Crippen molar-refractivity contribution in [1.82, 2.24) is 10.0 Å². The van der Waals surface area contributed by atoms with Crippen molar-refractivity contribution in [2.24, 2.45) is 11.8 Å². The molecule has 4 atom stereocenters. The lowest BCUT2D eigenvalue weighted by Gasteiger charge is -2.30. The molecule has 1 heterocycles. The molecule has 2 aliphatic rings. The van der Waals surface area contributed by atoms with Gasteiger partial charge in [0.1, 0.15) is 0 Å². The van der Waals surface area contributed by atoms with Gasteiger partial charge in [-0.15, -0.1) is 0 Å². The van der Waals surface area contributed by atoms with E-state index in [-0.39, 0.29) is 28.0 Å². The fraction of sp³-hybridized carbons (Fsp3) is 0.318. The van der Waals surface area contributed by atoms with Crippen LogP contribution in [-0.2, 0) is 16.1 Å². The fourth-order valence-electron chi connectivity index (χ4n) is 4.10. The number of hydrogen-bond acceptors (Lipinski definition) is 3. The van der Waals surface area contributed by atoms with Crippen molar-refractivity contribution in [3.63, 3.8) is 0 Å². The summed E-state index contributed by atoms with van der Waals surface area (Å²) in [5.41, 5.74) is 0.940. The monoisotopic (exact) mass is 620 g/mol. The zero-order valence-electron chi connectivity index (χ0n) is 16.5. The number of rotatable bonds is 4. The molecule has 1 aliphatic heterocycles. The normalized spacial score (nSPS) is 25.1. The summed E-state index contributed by atoms with van der Waals surface area (Å²) in [6.07, 6.45) is 1.02. The van der Waals surface area contributed by atoms with E-state index in [1.807, 2.05) is 0 Å². The Kier molecular flexibility index (Phi) is 7.23. The van der Waals surface area contributed by atoms with Crippen LogP contribution in [0.1, 0.15) is 28.8 Å². The number of benzene rings is 2. The minimum atomic E-state index is -0.487. The molecule has 1 aliphatic carbocycles. The average molecular weight is 624 g/mol. The van der Waals surface area contributed by atoms with E-state index in [0.29, 0.717) is 39.0 Å². The van der Waals surface area contributed by atoms with Crippen molar-refractivity contribution < 1.29 is 14.4 Å². The van der Waals surface area contributed by atoms with Crippen LogP contribution in [-0.4, -0.2) is 37.4 Å². The summed E-state index contributed by atoms with van der Waals surface area (Å²) >= 11 is 25.3. The van der Waals surface area contributed by atoms with Crippen LogP contribution in [0, 0.1) is 11.8 Å². The Bertz CT molecular complexity index is 1050. The lowest BCUT2D eigenvalue weighted by molar-refractivity contribution is -0.155. The van der Waals surface area contributed by atoms with Gasteiger partial charge in [-0.25, -0.2) is 5.01 Å². The summed E-state index contributed by atoms with van der Waals surface area (Å²) < 4.78 is 0. The van der Waals surface area contributed by atoms with Crippen LogP contribution in [0.4, 0.5) is 0 Å². The molecule has 32 heavy (non-hydrogen) atoms. The highest BCUT2D eigenvalue weighted by atomic mass is 79.9. The van der Waals surface area contributed by atoms with Crippen molar-refractivity contribution in [1.29, 1.82) is 0 Å². The van der Waals surface area contributed by atoms with E-state index >= 15 is 0 Å². The highest BCUT2D eigenvalue weighted by Crippen LogP contribution is 2.44. The van der Waals surface area contributed by atoms with Gasteiger partial charge in [0.05, 0.1) is 28.4 Å². The van der Waals surface area contributed by atoms with Crippen LogP contribution >= 0.6 is 66.7 Å².